The predicted octanol–water partition coefficient (Wildman–Crippen LogP) is 2.10. The summed E-state index contributed by atoms with van der Waals surface area (Å²) in [5.41, 5.74) is 1.70. The molecule has 6 nitrogen and oxygen atoms in total. The van der Waals surface area contributed by atoms with Crippen LogP contribution >= 0.6 is 0 Å². The molecule has 1 heterocycles. The minimum Gasteiger partial charge on any atom is -0.476 e. The van der Waals surface area contributed by atoms with Crippen LogP contribution in [-0.2, 0) is 0 Å². The number of nitrogens with zero attached hydrogens (tertiary/aromatic N) is 3. The van der Waals surface area contributed by atoms with Gasteiger partial charge in [-0.15, -0.1) is 15.0 Å². The number of carbonyl (C=O) groups is 1. The predicted molar refractivity (Wildman–Crippen MR) is 71.8 cm³/mol. The summed E-state index contributed by atoms with van der Waals surface area (Å²) in [6, 6.07) is 7.56. The van der Waals surface area contributed by atoms with Crippen molar-refractivity contribution in [1.29, 1.82) is 0 Å². The number of aryl methyl sites for hydroxylation is 1. The first-order valence-electron chi connectivity index (χ1n) is 6.14. The van der Waals surface area contributed by atoms with Crippen molar-refractivity contribution >= 4 is 11.8 Å². The van der Waals surface area contributed by atoms with E-state index >= 15 is 0 Å². The fraction of sp³-hybridized carbons (Fsp3) is 0.308. The molecule has 0 saturated carbocycles. The molecule has 2 aromatic rings. The van der Waals surface area contributed by atoms with Crippen molar-refractivity contribution in [3.8, 4) is 5.69 Å². The molecule has 0 fully saturated rings. The van der Waals surface area contributed by atoms with E-state index in [1.54, 1.807) is 0 Å². The molecule has 1 aromatic carbocycles. The van der Waals surface area contributed by atoms with Crippen molar-refractivity contribution < 1.29 is 9.90 Å². The number of rotatable bonds is 5. The van der Waals surface area contributed by atoms with Crippen LogP contribution in [-0.4, -0.2) is 32.6 Å². The summed E-state index contributed by atoms with van der Waals surface area (Å²) in [5.74, 6) is -0.781. The lowest BCUT2D eigenvalue weighted by Gasteiger charge is -2.02. The van der Waals surface area contributed by atoms with Crippen LogP contribution in [0.3, 0.4) is 0 Å². The van der Waals surface area contributed by atoms with Gasteiger partial charge < -0.3 is 10.4 Å². The average Bonchev–Trinajstić information content (AvgIpc) is 2.81. The quantitative estimate of drug-likeness (QED) is 0.860. The third-order valence-electron chi connectivity index (χ3n) is 2.69. The molecule has 2 N–H and O–H groups in total. The maximum absolute atomic E-state index is 11.2. The second kappa shape index (κ2) is 5.51. The number of hydrogen-bond donors (Lipinski definition) is 2. The van der Waals surface area contributed by atoms with Gasteiger partial charge in [0.25, 0.3) is 0 Å². The Balaban J connectivity index is 2.43. The number of aromatic carboxylic acids is 1. The summed E-state index contributed by atoms with van der Waals surface area (Å²) in [6.45, 7) is 4.59. The molecule has 0 saturated heterocycles. The summed E-state index contributed by atoms with van der Waals surface area (Å²) >= 11 is 0. The Kier molecular flexibility index (Phi) is 3.79. The third kappa shape index (κ3) is 2.73. The summed E-state index contributed by atoms with van der Waals surface area (Å²) in [5, 5.41) is 20.4. The second-order valence-corrected chi connectivity index (χ2v) is 4.21. The SMILES string of the molecule is CCCNc1nn(-c2ccccc2C)nc1C(=O)O. The van der Waals surface area contributed by atoms with Gasteiger partial charge in [0.15, 0.2) is 5.82 Å². The van der Waals surface area contributed by atoms with E-state index in [0.717, 1.165) is 17.7 Å². The van der Waals surface area contributed by atoms with Gasteiger partial charge in [-0.3, -0.25) is 0 Å². The molecular weight excluding hydrogens is 244 g/mol. The van der Waals surface area contributed by atoms with E-state index < -0.39 is 5.97 Å². The maximum Gasteiger partial charge on any atom is 0.360 e. The lowest BCUT2D eigenvalue weighted by atomic mass is 10.2. The highest BCUT2D eigenvalue weighted by Gasteiger charge is 2.18. The Morgan fingerprint density at radius 2 is 2.11 bits per heavy atom. The molecule has 0 radical (unpaired) electrons. The van der Waals surface area contributed by atoms with E-state index in [9.17, 15) is 4.79 Å². The maximum atomic E-state index is 11.2. The number of aromatic nitrogens is 3. The highest BCUT2D eigenvalue weighted by molar-refractivity contribution is 5.90. The number of benzene rings is 1. The molecule has 0 aliphatic carbocycles. The van der Waals surface area contributed by atoms with Gasteiger partial charge >= 0.3 is 5.97 Å². The molecule has 19 heavy (non-hydrogen) atoms. The molecule has 100 valence electrons. The smallest absolute Gasteiger partial charge is 0.360 e. The summed E-state index contributed by atoms with van der Waals surface area (Å²) in [4.78, 5) is 12.5. The van der Waals surface area contributed by atoms with Gasteiger partial charge in [0, 0.05) is 6.54 Å². The van der Waals surface area contributed by atoms with Gasteiger partial charge in [-0.25, -0.2) is 4.79 Å². The fourth-order valence-corrected chi connectivity index (χ4v) is 1.71. The standard InChI is InChI=1S/C13H16N4O2/c1-3-8-14-12-11(13(18)19)15-17(16-12)10-7-5-4-6-9(10)2/h4-7H,3,8H2,1-2H3,(H,14,16)(H,18,19). The van der Waals surface area contributed by atoms with Crippen molar-refractivity contribution in [3.63, 3.8) is 0 Å². The van der Waals surface area contributed by atoms with Gasteiger partial charge in [0.05, 0.1) is 5.69 Å². The Morgan fingerprint density at radius 1 is 1.37 bits per heavy atom. The van der Waals surface area contributed by atoms with Crippen molar-refractivity contribution in [3.05, 3.63) is 35.5 Å². The summed E-state index contributed by atoms with van der Waals surface area (Å²) in [6.07, 6.45) is 0.885. The number of anilines is 1. The van der Waals surface area contributed by atoms with Gasteiger partial charge in [-0.1, -0.05) is 25.1 Å². The van der Waals surface area contributed by atoms with E-state index in [4.69, 9.17) is 5.11 Å². The molecule has 2 rings (SSSR count). The monoisotopic (exact) mass is 260 g/mol. The minimum absolute atomic E-state index is 0.0586. The van der Waals surface area contributed by atoms with Crippen LogP contribution in [0.5, 0.6) is 0 Å². The third-order valence-corrected chi connectivity index (χ3v) is 2.69. The topological polar surface area (TPSA) is 80.0 Å². The van der Waals surface area contributed by atoms with Crippen molar-refractivity contribution in [2.75, 3.05) is 11.9 Å². The van der Waals surface area contributed by atoms with Crippen molar-refractivity contribution in [2.45, 2.75) is 20.3 Å². The molecular formula is C13H16N4O2. The van der Waals surface area contributed by atoms with Crippen LogP contribution in [0.2, 0.25) is 0 Å². The summed E-state index contributed by atoms with van der Waals surface area (Å²) < 4.78 is 0. The van der Waals surface area contributed by atoms with Crippen LogP contribution in [0.25, 0.3) is 5.69 Å². The highest BCUT2D eigenvalue weighted by atomic mass is 16.4. The van der Waals surface area contributed by atoms with E-state index in [1.807, 2.05) is 38.1 Å². The van der Waals surface area contributed by atoms with Gasteiger partial charge in [0.1, 0.15) is 0 Å². The molecule has 0 spiro atoms. The zero-order chi connectivity index (χ0) is 13.8. The number of carboxylic acid groups (broad SMARTS) is 1. The first kappa shape index (κ1) is 13.1. The number of hydrogen-bond acceptors (Lipinski definition) is 4. The largest absolute Gasteiger partial charge is 0.476 e. The van der Waals surface area contributed by atoms with Crippen molar-refractivity contribution in [2.24, 2.45) is 0 Å². The Morgan fingerprint density at radius 3 is 2.74 bits per heavy atom. The highest BCUT2D eigenvalue weighted by Crippen LogP contribution is 2.16. The molecule has 0 aliphatic heterocycles. The van der Waals surface area contributed by atoms with E-state index in [-0.39, 0.29) is 5.69 Å². The van der Waals surface area contributed by atoms with Gasteiger partial charge in [-0.05, 0) is 25.0 Å². The lowest BCUT2D eigenvalue weighted by Crippen LogP contribution is -2.06. The van der Waals surface area contributed by atoms with Crippen LogP contribution in [0.15, 0.2) is 24.3 Å². The van der Waals surface area contributed by atoms with Gasteiger partial charge in [-0.2, -0.15) is 0 Å². The Bertz CT molecular complexity index is 592. The van der Waals surface area contributed by atoms with Crippen LogP contribution in [0.1, 0.15) is 29.4 Å². The van der Waals surface area contributed by atoms with Crippen LogP contribution < -0.4 is 5.32 Å². The Labute approximate surface area is 111 Å². The first-order chi connectivity index (χ1) is 9.13. The number of nitrogens with one attached hydrogen (secondary N) is 1. The number of para-hydroxylation sites is 1. The summed E-state index contributed by atoms with van der Waals surface area (Å²) in [7, 11) is 0. The molecule has 0 atom stereocenters. The zero-order valence-corrected chi connectivity index (χ0v) is 10.9. The zero-order valence-electron chi connectivity index (χ0n) is 10.9. The fourth-order valence-electron chi connectivity index (χ4n) is 1.71. The molecule has 0 bridgehead atoms. The lowest BCUT2D eigenvalue weighted by molar-refractivity contribution is 0.0691. The van der Waals surface area contributed by atoms with Crippen LogP contribution in [0, 0.1) is 6.92 Å². The Hall–Kier alpha value is -2.37. The number of carboxylic acids is 1. The minimum atomic E-state index is -1.08. The average molecular weight is 260 g/mol. The molecule has 1 aromatic heterocycles. The van der Waals surface area contributed by atoms with E-state index in [2.05, 4.69) is 15.5 Å². The van der Waals surface area contributed by atoms with Crippen molar-refractivity contribution in [1.82, 2.24) is 15.0 Å². The second-order valence-electron chi connectivity index (χ2n) is 4.21. The molecule has 6 heteroatoms. The van der Waals surface area contributed by atoms with Crippen LogP contribution in [0.4, 0.5) is 5.82 Å². The molecule has 0 amide bonds. The molecule has 0 aliphatic rings. The normalized spacial score (nSPS) is 10.4. The van der Waals surface area contributed by atoms with E-state index in [0.29, 0.717) is 12.4 Å². The first-order valence-corrected chi connectivity index (χ1v) is 6.14. The van der Waals surface area contributed by atoms with E-state index in [1.165, 1.54) is 4.80 Å². The van der Waals surface area contributed by atoms with Gasteiger partial charge in [0.2, 0.25) is 5.69 Å². The molecule has 0 unspecified atom stereocenters.